The molecule has 0 bridgehead atoms. The molecule has 0 aromatic carbocycles. The molecule has 0 spiro atoms. The van der Waals surface area contributed by atoms with Gasteiger partial charge in [0, 0.05) is 13.2 Å². The normalized spacial score (nSPS) is 15.1. The van der Waals surface area contributed by atoms with Crippen molar-refractivity contribution in [3.63, 3.8) is 0 Å². The van der Waals surface area contributed by atoms with Gasteiger partial charge in [-0.15, -0.1) is 0 Å². The molecular formula is C23H46O. The number of rotatable bonds is 17. The van der Waals surface area contributed by atoms with E-state index < -0.39 is 0 Å². The highest BCUT2D eigenvalue weighted by molar-refractivity contribution is 4.72. The van der Waals surface area contributed by atoms with Crippen LogP contribution in [0.3, 0.4) is 0 Å². The Kier molecular flexibility index (Phi) is 13.0. The van der Waals surface area contributed by atoms with Crippen molar-refractivity contribution < 1.29 is 4.74 Å². The third-order valence-electron chi connectivity index (χ3n) is 5.34. The summed E-state index contributed by atoms with van der Waals surface area (Å²) in [5, 5.41) is 0. The van der Waals surface area contributed by atoms with Crippen LogP contribution in [0.4, 0.5) is 0 Å². The molecule has 1 saturated carbocycles. The summed E-state index contributed by atoms with van der Waals surface area (Å²) in [6.07, 6.45) is 23.1. The fraction of sp³-hybridized carbons (Fsp3) is 1.00. The molecule has 1 fully saturated rings. The van der Waals surface area contributed by atoms with Gasteiger partial charge in [-0.2, -0.15) is 0 Å². The van der Waals surface area contributed by atoms with Crippen molar-refractivity contribution >= 4 is 0 Å². The first-order chi connectivity index (χ1) is 11.6. The molecule has 0 aliphatic heterocycles. The van der Waals surface area contributed by atoms with E-state index in [1.54, 1.807) is 0 Å². The van der Waals surface area contributed by atoms with Crippen molar-refractivity contribution in [1.29, 1.82) is 0 Å². The van der Waals surface area contributed by atoms with Crippen LogP contribution in [0.2, 0.25) is 0 Å². The van der Waals surface area contributed by atoms with Crippen molar-refractivity contribution in [2.75, 3.05) is 13.2 Å². The fourth-order valence-electron chi connectivity index (χ4n) is 3.29. The molecule has 0 aromatic heterocycles. The van der Waals surface area contributed by atoms with Crippen LogP contribution in [-0.2, 0) is 4.74 Å². The molecule has 1 aliphatic rings. The Labute approximate surface area is 153 Å². The number of hydrogen-bond acceptors (Lipinski definition) is 1. The standard InChI is InChI=1S/C23H46O/c1-23(2,3)19-21-24-20-15-13-11-9-7-5-4-6-8-10-12-14-16-22-17-18-22/h22H,4-21H2,1-3H3. The van der Waals surface area contributed by atoms with E-state index in [0.717, 1.165) is 19.1 Å². The minimum atomic E-state index is 0.413. The van der Waals surface area contributed by atoms with E-state index in [4.69, 9.17) is 4.74 Å². The first-order valence-corrected chi connectivity index (χ1v) is 11.2. The lowest BCUT2D eigenvalue weighted by Crippen LogP contribution is -2.09. The van der Waals surface area contributed by atoms with Crippen LogP contribution in [0.1, 0.15) is 124 Å². The topological polar surface area (TPSA) is 9.23 Å². The maximum atomic E-state index is 5.73. The molecule has 24 heavy (non-hydrogen) atoms. The van der Waals surface area contributed by atoms with Crippen LogP contribution >= 0.6 is 0 Å². The highest BCUT2D eigenvalue weighted by atomic mass is 16.5. The quantitative estimate of drug-likeness (QED) is 0.245. The molecule has 0 amide bonds. The first-order valence-electron chi connectivity index (χ1n) is 11.2. The molecule has 0 saturated heterocycles. The van der Waals surface area contributed by atoms with Crippen molar-refractivity contribution in [2.24, 2.45) is 11.3 Å². The second-order valence-corrected chi connectivity index (χ2v) is 9.40. The van der Waals surface area contributed by atoms with Crippen molar-refractivity contribution in [3.8, 4) is 0 Å². The summed E-state index contributed by atoms with van der Waals surface area (Å²) in [6.45, 7) is 8.75. The predicted octanol–water partition coefficient (Wildman–Crippen LogP) is 7.92. The Morgan fingerprint density at radius 1 is 0.625 bits per heavy atom. The molecule has 0 aromatic rings. The van der Waals surface area contributed by atoms with E-state index in [2.05, 4.69) is 20.8 Å². The molecule has 0 heterocycles. The van der Waals surface area contributed by atoms with Crippen LogP contribution in [0.15, 0.2) is 0 Å². The summed E-state index contributed by atoms with van der Waals surface area (Å²) in [7, 11) is 0. The predicted molar refractivity (Wildman–Crippen MR) is 108 cm³/mol. The molecule has 0 N–H and O–H groups in total. The molecule has 1 rings (SSSR count). The third kappa shape index (κ3) is 16.8. The Bertz CT molecular complexity index is 262. The monoisotopic (exact) mass is 338 g/mol. The van der Waals surface area contributed by atoms with E-state index in [0.29, 0.717) is 5.41 Å². The summed E-state index contributed by atoms with van der Waals surface area (Å²) in [5.74, 6) is 1.14. The Morgan fingerprint density at radius 3 is 1.54 bits per heavy atom. The molecule has 0 radical (unpaired) electrons. The lowest BCUT2D eigenvalue weighted by atomic mass is 9.93. The van der Waals surface area contributed by atoms with E-state index in [9.17, 15) is 0 Å². The average Bonchev–Trinajstić information content (AvgIpc) is 3.33. The van der Waals surface area contributed by atoms with Crippen molar-refractivity contribution in [3.05, 3.63) is 0 Å². The molecular weight excluding hydrogens is 292 g/mol. The van der Waals surface area contributed by atoms with E-state index in [1.807, 2.05) is 0 Å². The summed E-state index contributed by atoms with van der Waals surface area (Å²) in [6, 6.07) is 0. The SMILES string of the molecule is CC(C)(C)CCOCCCCCCCCCCCCCCC1CC1. The molecule has 0 unspecified atom stereocenters. The highest BCUT2D eigenvalue weighted by Gasteiger charge is 2.19. The van der Waals surface area contributed by atoms with Crippen LogP contribution < -0.4 is 0 Å². The van der Waals surface area contributed by atoms with Gasteiger partial charge >= 0.3 is 0 Å². The van der Waals surface area contributed by atoms with Gasteiger partial charge in [0.05, 0.1) is 0 Å². The Hall–Kier alpha value is -0.0400. The molecule has 144 valence electrons. The zero-order valence-electron chi connectivity index (χ0n) is 17.2. The van der Waals surface area contributed by atoms with Gasteiger partial charge in [0.2, 0.25) is 0 Å². The highest BCUT2D eigenvalue weighted by Crippen LogP contribution is 2.34. The molecule has 1 aliphatic carbocycles. The number of unbranched alkanes of at least 4 members (excludes halogenated alkanes) is 11. The lowest BCUT2D eigenvalue weighted by molar-refractivity contribution is 0.105. The summed E-state index contributed by atoms with van der Waals surface area (Å²) in [4.78, 5) is 0. The Balaban J connectivity index is 1.63. The van der Waals surface area contributed by atoms with Gasteiger partial charge in [-0.05, 0) is 24.2 Å². The van der Waals surface area contributed by atoms with Gasteiger partial charge < -0.3 is 4.74 Å². The number of ether oxygens (including phenoxy) is 1. The summed E-state index contributed by atoms with van der Waals surface area (Å²) in [5.41, 5.74) is 0.413. The molecule has 0 atom stereocenters. The summed E-state index contributed by atoms with van der Waals surface area (Å²) >= 11 is 0. The molecule has 1 heteroatoms. The first kappa shape index (κ1) is 22.0. The second kappa shape index (κ2) is 14.2. The third-order valence-corrected chi connectivity index (χ3v) is 5.34. The van der Waals surface area contributed by atoms with E-state index >= 15 is 0 Å². The number of hydrogen-bond donors (Lipinski definition) is 0. The van der Waals surface area contributed by atoms with E-state index in [-0.39, 0.29) is 0 Å². The van der Waals surface area contributed by atoms with Crippen LogP contribution in [0.5, 0.6) is 0 Å². The fourth-order valence-corrected chi connectivity index (χ4v) is 3.29. The van der Waals surface area contributed by atoms with Crippen LogP contribution in [0, 0.1) is 11.3 Å². The second-order valence-electron chi connectivity index (χ2n) is 9.40. The maximum Gasteiger partial charge on any atom is 0.0471 e. The van der Waals surface area contributed by atoms with Crippen LogP contribution in [-0.4, -0.2) is 13.2 Å². The van der Waals surface area contributed by atoms with Gasteiger partial charge in [-0.25, -0.2) is 0 Å². The maximum absolute atomic E-state index is 5.73. The lowest BCUT2D eigenvalue weighted by Gasteiger charge is -2.17. The average molecular weight is 339 g/mol. The zero-order valence-corrected chi connectivity index (χ0v) is 17.2. The largest absolute Gasteiger partial charge is 0.381 e. The van der Waals surface area contributed by atoms with Gasteiger partial charge in [-0.3, -0.25) is 0 Å². The zero-order chi connectivity index (χ0) is 17.5. The molecule has 1 nitrogen and oxygen atoms in total. The minimum absolute atomic E-state index is 0.413. The van der Waals surface area contributed by atoms with Gasteiger partial charge in [0.25, 0.3) is 0 Å². The van der Waals surface area contributed by atoms with Crippen LogP contribution in [0.25, 0.3) is 0 Å². The van der Waals surface area contributed by atoms with Gasteiger partial charge in [-0.1, -0.05) is 111 Å². The van der Waals surface area contributed by atoms with Gasteiger partial charge in [0.15, 0.2) is 0 Å². The Morgan fingerprint density at radius 2 is 1.08 bits per heavy atom. The van der Waals surface area contributed by atoms with Gasteiger partial charge in [0.1, 0.15) is 0 Å². The van der Waals surface area contributed by atoms with Crippen molar-refractivity contribution in [1.82, 2.24) is 0 Å². The smallest absolute Gasteiger partial charge is 0.0471 e. The summed E-state index contributed by atoms with van der Waals surface area (Å²) < 4.78 is 5.73. The van der Waals surface area contributed by atoms with Crippen molar-refractivity contribution in [2.45, 2.75) is 124 Å². The van der Waals surface area contributed by atoms with E-state index in [1.165, 1.54) is 103 Å². The minimum Gasteiger partial charge on any atom is -0.381 e.